The zero-order chi connectivity index (χ0) is 22.0. The third kappa shape index (κ3) is 8.22. The molecule has 1 aliphatic carbocycles. The van der Waals surface area contributed by atoms with Crippen molar-refractivity contribution in [2.45, 2.75) is 57.2 Å². The molecule has 0 bridgehead atoms. The number of allylic oxidation sites excluding steroid dienone is 2. The number of carbonyl (C=O) groups is 1. The number of alkyl halides is 3. The third-order valence-electron chi connectivity index (χ3n) is 5.26. The van der Waals surface area contributed by atoms with Crippen LogP contribution < -0.4 is 4.74 Å². The van der Waals surface area contributed by atoms with Gasteiger partial charge in [-0.1, -0.05) is 30.4 Å². The number of halogens is 3. The Morgan fingerprint density at radius 2 is 1.97 bits per heavy atom. The fourth-order valence-corrected chi connectivity index (χ4v) is 3.66. The summed E-state index contributed by atoms with van der Waals surface area (Å²) in [4.78, 5) is 10.5. The molecule has 1 saturated carbocycles. The summed E-state index contributed by atoms with van der Waals surface area (Å²) in [6.07, 6.45) is 7.73. The van der Waals surface area contributed by atoms with Crippen LogP contribution in [0, 0.1) is 11.8 Å². The average molecular weight is 426 g/mol. The number of benzene rings is 1. The zero-order valence-electron chi connectivity index (χ0n) is 16.9. The van der Waals surface area contributed by atoms with Crippen molar-refractivity contribution in [2.24, 2.45) is 11.8 Å². The van der Waals surface area contributed by atoms with E-state index in [9.17, 15) is 23.1 Å². The highest BCUT2D eigenvalue weighted by molar-refractivity contribution is 5.66. The first-order chi connectivity index (χ1) is 14.3. The Kier molecular flexibility index (Phi) is 9.43. The molecule has 4 nitrogen and oxygen atoms in total. The summed E-state index contributed by atoms with van der Waals surface area (Å²) in [5.74, 6) is -0.229. The van der Waals surface area contributed by atoms with Crippen LogP contribution >= 0.6 is 0 Å². The van der Waals surface area contributed by atoms with E-state index in [1.54, 1.807) is 0 Å². The minimum atomic E-state index is -4.39. The summed E-state index contributed by atoms with van der Waals surface area (Å²) in [5, 5.41) is 18.8. The molecule has 3 atom stereocenters. The molecule has 1 aromatic carbocycles. The molecule has 0 radical (unpaired) electrons. The summed E-state index contributed by atoms with van der Waals surface area (Å²) in [7, 11) is 0. The largest absolute Gasteiger partial charge is 0.493 e. The first-order valence-electron chi connectivity index (χ1n) is 10.3. The molecule has 7 heteroatoms. The maximum atomic E-state index is 12.7. The quantitative estimate of drug-likeness (QED) is 0.356. The summed E-state index contributed by atoms with van der Waals surface area (Å²) in [6, 6.07) is 4.82. The lowest BCUT2D eigenvalue weighted by Crippen LogP contribution is -2.16. The van der Waals surface area contributed by atoms with Gasteiger partial charge in [0.15, 0.2) is 0 Å². The fraction of sp³-hybridized carbons (Fsp3) is 0.522. The van der Waals surface area contributed by atoms with Gasteiger partial charge in [-0.15, -0.1) is 0 Å². The van der Waals surface area contributed by atoms with Crippen LogP contribution in [0.1, 0.15) is 50.5 Å². The Bertz CT molecular complexity index is 727. The Labute approximate surface area is 175 Å². The molecule has 0 amide bonds. The molecule has 1 fully saturated rings. The van der Waals surface area contributed by atoms with Crippen LogP contribution in [0.3, 0.4) is 0 Å². The van der Waals surface area contributed by atoms with Crippen molar-refractivity contribution < 1.29 is 32.9 Å². The number of unbranched alkanes of at least 4 members (excludes halogenated alkanes) is 1. The van der Waals surface area contributed by atoms with Crippen LogP contribution in [0.15, 0.2) is 48.6 Å². The van der Waals surface area contributed by atoms with E-state index in [1.807, 2.05) is 18.2 Å². The minimum Gasteiger partial charge on any atom is -0.493 e. The Balaban J connectivity index is 1.74. The first kappa shape index (κ1) is 24.0. The van der Waals surface area contributed by atoms with Gasteiger partial charge in [-0.05, 0) is 62.6 Å². The predicted molar refractivity (Wildman–Crippen MR) is 108 cm³/mol. The van der Waals surface area contributed by atoms with E-state index < -0.39 is 23.8 Å². The number of hydrogen-bond donors (Lipinski definition) is 2. The highest BCUT2D eigenvalue weighted by atomic mass is 19.4. The zero-order valence-corrected chi connectivity index (χ0v) is 16.9. The van der Waals surface area contributed by atoms with Crippen molar-refractivity contribution in [1.82, 2.24) is 0 Å². The molecule has 0 spiro atoms. The number of aliphatic carboxylic acids is 1. The highest BCUT2D eigenvalue weighted by Gasteiger charge is 2.32. The molecule has 0 saturated heterocycles. The van der Waals surface area contributed by atoms with E-state index in [0.29, 0.717) is 18.8 Å². The fourth-order valence-electron chi connectivity index (χ4n) is 3.66. The van der Waals surface area contributed by atoms with Gasteiger partial charge in [-0.2, -0.15) is 13.2 Å². The lowest BCUT2D eigenvalue weighted by molar-refractivity contribution is -0.138. The van der Waals surface area contributed by atoms with E-state index in [0.717, 1.165) is 37.8 Å². The number of rotatable bonds is 11. The maximum absolute atomic E-state index is 12.7. The van der Waals surface area contributed by atoms with E-state index in [4.69, 9.17) is 9.84 Å². The number of carboxylic acids is 1. The standard InChI is InChI=1S/C23H29F3O4/c24-23(25,26)18-9-7-10-19(16-18)30-15-6-5-11-20-17(13-14-21(20)27)8-3-1-2-4-12-22(28)29/h1,3,5,7,9-11,16-17,20-21,27H,2,4,6,8,12-15H2,(H,28,29)/b3-1-,11-5+/t17-,20?,21?/m0/s1. The summed E-state index contributed by atoms with van der Waals surface area (Å²) in [6.45, 7) is 0.259. The second-order valence-electron chi connectivity index (χ2n) is 7.57. The molecule has 166 valence electrons. The van der Waals surface area contributed by atoms with Crippen LogP contribution in [0.25, 0.3) is 0 Å². The third-order valence-corrected chi connectivity index (χ3v) is 5.26. The topological polar surface area (TPSA) is 66.8 Å². The van der Waals surface area contributed by atoms with Gasteiger partial charge >= 0.3 is 12.1 Å². The van der Waals surface area contributed by atoms with E-state index in [2.05, 4.69) is 6.08 Å². The van der Waals surface area contributed by atoms with Crippen molar-refractivity contribution in [3.8, 4) is 5.75 Å². The molecular formula is C23H29F3O4. The molecular weight excluding hydrogens is 397 g/mol. The number of ether oxygens (including phenoxy) is 1. The van der Waals surface area contributed by atoms with Gasteiger partial charge < -0.3 is 14.9 Å². The normalized spacial score (nSPS) is 22.2. The molecule has 2 rings (SSSR count). The van der Waals surface area contributed by atoms with Gasteiger partial charge in [0.2, 0.25) is 0 Å². The molecule has 0 aromatic heterocycles. The van der Waals surface area contributed by atoms with E-state index >= 15 is 0 Å². The lowest BCUT2D eigenvalue weighted by atomic mass is 9.91. The summed E-state index contributed by atoms with van der Waals surface area (Å²) in [5.41, 5.74) is -0.733. The minimum absolute atomic E-state index is 0.0437. The van der Waals surface area contributed by atoms with Crippen molar-refractivity contribution in [2.75, 3.05) is 6.61 Å². The van der Waals surface area contributed by atoms with Crippen molar-refractivity contribution in [3.63, 3.8) is 0 Å². The molecule has 1 aliphatic rings. The number of aliphatic hydroxyl groups excluding tert-OH is 1. The van der Waals surface area contributed by atoms with Gasteiger partial charge in [0, 0.05) is 12.3 Å². The predicted octanol–water partition coefficient (Wildman–Crippen LogP) is 5.62. The highest BCUT2D eigenvalue weighted by Crippen LogP contribution is 2.36. The summed E-state index contributed by atoms with van der Waals surface area (Å²) < 4.78 is 43.6. The SMILES string of the molecule is O=C(O)CCC/C=C\C[C@H]1CCC(O)C1/C=C/CCOc1cccc(C(F)(F)F)c1. The number of hydrogen-bond acceptors (Lipinski definition) is 3. The molecule has 2 unspecified atom stereocenters. The van der Waals surface area contributed by atoms with Crippen LogP contribution in [0.2, 0.25) is 0 Å². The lowest BCUT2D eigenvalue weighted by Gasteiger charge is -2.17. The van der Waals surface area contributed by atoms with Crippen LogP contribution in [0.5, 0.6) is 5.75 Å². The molecule has 30 heavy (non-hydrogen) atoms. The van der Waals surface area contributed by atoms with Gasteiger partial charge in [0.05, 0.1) is 18.3 Å². The Morgan fingerprint density at radius 1 is 1.17 bits per heavy atom. The Hall–Kier alpha value is -2.28. The number of carboxylic acid groups (broad SMARTS) is 1. The van der Waals surface area contributed by atoms with Gasteiger partial charge in [-0.3, -0.25) is 4.79 Å². The first-order valence-corrected chi connectivity index (χ1v) is 10.3. The van der Waals surface area contributed by atoms with Crippen LogP contribution in [0.4, 0.5) is 13.2 Å². The van der Waals surface area contributed by atoms with Gasteiger partial charge in [0.25, 0.3) is 0 Å². The smallest absolute Gasteiger partial charge is 0.416 e. The van der Waals surface area contributed by atoms with Gasteiger partial charge in [0.1, 0.15) is 5.75 Å². The van der Waals surface area contributed by atoms with Crippen molar-refractivity contribution >= 4 is 5.97 Å². The molecule has 2 N–H and O–H groups in total. The van der Waals surface area contributed by atoms with Crippen molar-refractivity contribution in [3.05, 3.63) is 54.1 Å². The van der Waals surface area contributed by atoms with Crippen molar-refractivity contribution in [1.29, 1.82) is 0 Å². The molecule has 0 aliphatic heterocycles. The Morgan fingerprint density at radius 3 is 2.70 bits per heavy atom. The molecule has 0 heterocycles. The second kappa shape index (κ2) is 11.8. The van der Waals surface area contributed by atoms with E-state index in [1.165, 1.54) is 12.1 Å². The monoisotopic (exact) mass is 426 g/mol. The van der Waals surface area contributed by atoms with Crippen LogP contribution in [-0.2, 0) is 11.0 Å². The maximum Gasteiger partial charge on any atom is 0.416 e. The summed E-state index contributed by atoms with van der Waals surface area (Å²) >= 11 is 0. The molecule has 1 aromatic rings. The van der Waals surface area contributed by atoms with Gasteiger partial charge in [-0.25, -0.2) is 0 Å². The second-order valence-corrected chi connectivity index (χ2v) is 7.57. The van der Waals surface area contributed by atoms with Crippen LogP contribution in [-0.4, -0.2) is 28.9 Å². The number of aliphatic hydroxyl groups is 1. The van der Waals surface area contributed by atoms with E-state index in [-0.39, 0.29) is 24.7 Å². The average Bonchev–Trinajstić information content (AvgIpc) is 3.03.